The zero-order valence-electron chi connectivity index (χ0n) is 20.4. The van der Waals surface area contributed by atoms with Crippen molar-refractivity contribution >= 4 is 44.8 Å². The molecule has 35 heavy (non-hydrogen) atoms. The molecule has 0 saturated heterocycles. The summed E-state index contributed by atoms with van der Waals surface area (Å²) in [5.41, 5.74) is 0.844. The molecule has 1 fully saturated rings. The summed E-state index contributed by atoms with van der Waals surface area (Å²) in [6.45, 7) is 9.06. The predicted octanol–water partition coefficient (Wildman–Crippen LogP) is 6.80. The number of hydrogen-bond acceptors (Lipinski definition) is 5. The van der Waals surface area contributed by atoms with Crippen molar-refractivity contribution in [2.45, 2.75) is 64.0 Å². The van der Waals surface area contributed by atoms with E-state index in [0.717, 1.165) is 19.3 Å². The van der Waals surface area contributed by atoms with Crippen LogP contribution in [0.15, 0.2) is 46.3 Å². The summed E-state index contributed by atoms with van der Waals surface area (Å²) >= 11 is 12.2. The smallest absolute Gasteiger partial charge is 0.262 e. The molecule has 0 radical (unpaired) electrons. The molecule has 1 saturated carbocycles. The van der Waals surface area contributed by atoms with Crippen LogP contribution in [0.25, 0.3) is 0 Å². The number of ether oxygens (including phenoxy) is 2. The number of anilines is 1. The summed E-state index contributed by atoms with van der Waals surface area (Å²) in [6, 6.07) is 9.64. The molecule has 9 heteroatoms. The summed E-state index contributed by atoms with van der Waals surface area (Å²) in [6.07, 6.45) is 2.98. The average molecular weight is 540 g/mol. The molecular weight excluding hydrogens is 507 g/mol. The number of halogens is 2. The van der Waals surface area contributed by atoms with Crippen LogP contribution in [0.1, 0.15) is 52.5 Å². The second-order valence-corrected chi connectivity index (χ2v) is 12.7. The van der Waals surface area contributed by atoms with Crippen LogP contribution in [-0.4, -0.2) is 33.1 Å². The Labute approximate surface area is 218 Å². The number of aliphatic imine (C=N–C) groups is 1. The maximum Gasteiger partial charge on any atom is 0.262 e. The average Bonchev–Trinajstić information content (AvgIpc) is 3.24. The highest BCUT2D eigenvalue weighted by Gasteiger charge is 2.30. The molecule has 0 bridgehead atoms. The molecule has 6 nitrogen and oxygen atoms in total. The lowest BCUT2D eigenvalue weighted by Crippen LogP contribution is -2.29. The molecular formula is C26H32Cl2N2O4S. The lowest BCUT2D eigenvalue weighted by Gasteiger charge is -2.32. The minimum atomic E-state index is -4.03. The molecule has 0 spiro atoms. The van der Waals surface area contributed by atoms with E-state index in [1.54, 1.807) is 12.1 Å². The third-order valence-electron chi connectivity index (χ3n) is 6.51. The maximum absolute atomic E-state index is 13.4. The van der Waals surface area contributed by atoms with Gasteiger partial charge in [-0.05, 0) is 67.3 Å². The summed E-state index contributed by atoms with van der Waals surface area (Å²) in [5.74, 6) is 2.22. The Morgan fingerprint density at radius 1 is 1.06 bits per heavy atom. The van der Waals surface area contributed by atoms with Gasteiger partial charge in [0.15, 0.2) is 0 Å². The van der Waals surface area contributed by atoms with Gasteiger partial charge in [-0.2, -0.15) is 0 Å². The summed E-state index contributed by atoms with van der Waals surface area (Å²) in [4.78, 5) is 4.69. The second-order valence-electron chi connectivity index (χ2n) is 10.1. The molecule has 0 amide bonds. The van der Waals surface area contributed by atoms with Crippen molar-refractivity contribution in [3.8, 4) is 5.75 Å². The van der Waals surface area contributed by atoms with E-state index in [4.69, 9.17) is 37.7 Å². The third-order valence-corrected chi connectivity index (χ3v) is 8.28. The number of sulfonamides is 1. The van der Waals surface area contributed by atoms with E-state index in [0.29, 0.717) is 47.3 Å². The fourth-order valence-electron chi connectivity index (χ4n) is 4.82. The molecule has 2 aliphatic rings. The molecule has 2 aromatic carbocycles. The van der Waals surface area contributed by atoms with Crippen LogP contribution >= 0.6 is 23.2 Å². The molecule has 1 heterocycles. The van der Waals surface area contributed by atoms with E-state index in [1.165, 1.54) is 18.2 Å². The first-order chi connectivity index (χ1) is 16.5. The zero-order chi connectivity index (χ0) is 25.3. The minimum absolute atomic E-state index is 0.00538. The van der Waals surface area contributed by atoms with Crippen molar-refractivity contribution in [2.24, 2.45) is 22.7 Å². The standard InChI is InChI=1S/C26H32Cl2N2O4S/c1-15(2)23-14-33-26(29-23)22-6-5-7-24(34-20-9-16(3)8-17(4)10-20)25(22)30-35(31,32)21-12-18(27)11-19(28)13-21/h5-7,11-13,15-17,20,23,30H,8-10,14H2,1-4H3/t16-,17+,20-,23?. The van der Waals surface area contributed by atoms with Crippen molar-refractivity contribution in [1.29, 1.82) is 0 Å². The van der Waals surface area contributed by atoms with Crippen LogP contribution in [0.5, 0.6) is 5.75 Å². The minimum Gasteiger partial charge on any atom is -0.488 e. The van der Waals surface area contributed by atoms with Gasteiger partial charge in [0.1, 0.15) is 18.0 Å². The normalized spacial score (nSPS) is 24.7. The van der Waals surface area contributed by atoms with Gasteiger partial charge in [0.05, 0.1) is 22.6 Å². The number of benzene rings is 2. The Bertz CT molecular complexity index is 1190. The zero-order valence-corrected chi connectivity index (χ0v) is 22.8. The van der Waals surface area contributed by atoms with Crippen LogP contribution in [0.2, 0.25) is 10.0 Å². The van der Waals surface area contributed by atoms with Gasteiger partial charge in [0.25, 0.3) is 10.0 Å². The van der Waals surface area contributed by atoms with Crippen molar-refractivity contribution in [3.05, 3.63) is 52.0 Å². The molecule has 1 aliphatic carbocycles. The van der Waals surface area contributed by atoms with E-state index in [-0.39, 0.29) is 27.1 Å². The van der Waals surface area contributed by atoms with Crippen molar-refractivity contribution in [3.63, 3.8) is 0 Å². The Morgan fingerprint density at radius 3 is 2.31 bits per heavy atom. The lowest BCUT2D eigenvalue weighted by atomic mass is 9.82. The highest BCUT2D eigenvalue weighted by atomic mass is 35.5. The summed E-state index contributed by atoms with van der Waals surface area (Å²) in [5, 5.41) is 0.465. The molecule has 0 aromatic heterocycles. The van der Waals surface area contributed by atoms with Crippen LogP contribution < -0.4 is 9.46 Å². The predicted molar refractivity (Wildman–Crippen MR) is 141 cm³/mol. The van der Waals surface area contributed by atoms with Crippen molar-refractivity contribution < 1.29 is 17.9 Å². The monoisotopic (exact) mass is 538 g/mol. The number of nitrogens with one attached hydrogen (secondary N) is 1. The molecule has 1 aliphatic heterocycles. The SMILES string of the molecule is CC(C)C1COC(c2cccc(O[C@@H]3C[C@H](C)C[C@H](C)C3)c2NS(=O)(=O)c2cc(Cl)cc(Cl)c2)=N1. The van der Waals surface area contributed by atoms with Crippen molar-refractivity contribution in [2.75, 3.05) is 11.3 Å². The Morgan fingerprint density at radius 2 is 1.71 bits per heavy atom. The number of hydrogen-bond donors (Lipinski definition) is 1. The van der Waals surface area contributed by atoms with Gasteiger partial charge < -0.3 is 9.47 Å². The third kappa shape index (κ3) is 6.25. The van der Waals surface area contributed by atoms with E-state index < -0.39 is 10.0 Å². The first-order valence-corrected chi connectivity index (χ1v) is 14.2. The van der Waals surface area contributed by atoms with E-state index in [2.05, 4.69) is 32.4 Å². The molecule has 190 valence electrons. The summed E-state index contributed by atoms with van der Waals surface area (Å²) < 4.78 is 41.9. The van der Waals surface area contributed by atoms with E-state index in [1.807, 2.05) is 6.07 Å². The highest BCUT2D eigenvalue weighted by Crippen LogP contribution is 2.38. The van der Waals surface area contributed by atoms with Gasteiger partial charge in [-0.15, -0.1) is 0 Å². The Hall–Kier alpha value is -1.96. The quantitative estimate of drug-likeness (QED) is 0.420. The molecule has 1 unspecified atom stereocenters. The van der Waals surface area contributed by atoms with Crippen LogP contribution in [-0.2, 0) is 14.8 Å². The second kappa shape index (κ2) is 10.6. The fourth-order valence-corrected chi connectivity index (χ4v) is 6.63. The van der Waals surface area contributed by atoms with Gasteiger partial charge >= 0.3 is 0 Å². The van der Waals surface area contributed by atoms with Crippen LogP contribution in [0, 0.1) is 17.8 Å². The molecule has 1 N–H and O–H groups in total. The fraction of sp³-hybridized carbons (Fsp3) is 0.500. The number of nitrogens with zero attached hydrogens (tertiary/aromatic N) is 1. The highest BCUT2D eigenvalue weighted by molar-refractivity contribution is 7.92. The molecule has 4 atom stereocenters. The Kier molecular flexibility index (Phi) is 7.89. The molecule has 2 aromatic rings. The van der Waals surface area contributed by atoms with Gasteiger partial charge in [-0.1, -0.05) is 57.0 Å². The largest absolute Gasteiger partial charge is 0.488 e. The van der Waals surface area contributed by atoms with Gasteiger partial charge in [-0.25, -0.2) is 13.4 Å². The van der Waals surface area contributed by atoms with E-state index in [9.17, 15) is 8.42 Å². The van der Waals surface area contributed by atoms with Crippen molar-refractivity contribution in [1.82, 2.24) is 0 Å². The maximum atomic E-state index is 13.4. The summed E-state index contributed by atoms with van der Waals surface area (Å²) in [7, 11) is -4.03. The van der Waals surface area contributed by atoms with Gasteiger partial charge in [0.2, 0.25) is 5.90 Å². The first-order valence-electron chi connectivity index (χ1n) is 12.0. The number of rotatable bonds is 7. The lowest BCUT2D eigenvalue weighted by molar-refractivity contribution is 0.102. The Balaban J connectivity index is 1.75. The number of para-hydroxylation sites is 1. The first kappa shape index (κ1) is 26.1. The van der Waals surface area contributed by atoms with E-state index >= 15 is 0 Å². The topological polar surface area (TPSA) is 77.0 Å². The molecule has 4 rings (SSSR count). The van der Waals surface area contributed by atoms with Crippen LogP contribution in [0.4, 0.5) is 5.69 Å². The van der Waals surface area contributed by atoms with Crippen LogP contribution in [0.3, 0.4) is 0 Å². The van der Waals surface area contributed by atoms with Gasteiger partial charge in [-0.3, -0.25) is 4.72 Å². The van der Waals surface area contributed by atoms with Gasteiger partial charge in [0, 0.05) is 10.0 Å².